The number of nitrogens with one attached hydrogen (secondary N) is 1. The molecule has 1 amide bonds. The van der Waals surface area contributed by atoms with Crippen molar-refractivity contribution in [3.63, 3.8) is 0 Å². The van der Waals surface area contributed by atoms with Gasteiger partial charge in [0.1, 0.15) is 6.23 Å². The van der Waals surface area contributed by atoms with Crippen LogP contribution in [-0.4, -0.2) is 36.2 Å². The molecule has 0 bridgehead atoms. The van der Waals surface area contributed by atoms with Crippen LogP contribution in [0, 0.1) is 0 Å². The van der Waals surface area contributed by atoms with Crippen LogP contribution < -0.4 is 5.32 Å². The number of morpholine rings is 1. The van der Waals surface area contributed by atoms with Gasteiger partial charge in [-0.1, -0.05) is 36.8 Å². The van der Waals surface area contributed by atoms with Crippen molar-refractivity contribution in [3.8, 4) is 0 Å². The molecule has 0 spiro atoms. The molecule has 3 heterocycles. The summed E-state index contributed by atoms with van der Waals surface area (Å²) in [6.07, 6.45) is 4.61. The molecule has 0 radical (unpaired) electrons. The van der Waals surface area contributed by atoms with Gasteiger partial charge >= 0.3 is 0 Å². The number of carbonyl (C=O) groups is 1. The quantitative estimate of drug-likeness (QED) is 0.942. The topological polar surface area (TPSA) is 54.7 Å². The van der Waals surface area contributed by atoms with E-state index in [0.717, 1.165) is 13.0 Å². The Morgan fingerprint density at radius 1 is 1.12 bits per heavy atom. The molecule has 3 atom stereocenters. The number of benzene rings is 1. The number of fused-ring (bicyclic) bond motifs is 1. The fourth-order valence-corrected chi connectivity index (χ4v) is 3.80. The van der Waals surface area contributed by atoms with Crippen molar-refractivity contribution in [2.24, 2.45) is 0 Å². The van der Waals surface area contributed by atoms with Crippen molar-refractivity contribution >= 4 is 5.91 Å². The first-order chi connectivity index (χ1) is 11.8. The van der Waals surface area contributed by atoms with E-state index in [-0.39, 0.29) is 24.2 Å². The van der Waals surface area contributed by atoms with Crippen molar-refractivity contribution in [1.29, 1.82) is 0 Å². The van der Waals surface area contributed by atoms with Crippen LogP contribution in [0.15, 0.2) is 53.1 Å². The summed E-state index contributed by atoms with van der Waals surface area (Å²) in [5, 5.41) is 3.00. The monoisotopic (exact) mass is 326 g/mol. The lowest BCUT2D eigenvalue weighted by Crippen LogP contribution is -2.60. The van der Waals surface area contributed by atoms with Crippen LogP contribution in [-0.2, 0) is 4.74 Å². The molecule has 1 aromatic carbocycles. The van der Waals surface area contributed by atoms with Crippen LogP contribution in [0.2, 0.25) is 0 Å². The van der Waals surface area contributed by atoms with E-state index in [0.29, 0.717) is 12.4 Å². The molecule has 0 unspecified atom stereocenters. The Kier molecular flexibility index (Phi) is 4.36. The zero-order valence-corrected chi connectivity index (χ0v) is 13.6. The number of furan rings is 1. The summed E-state index contributed by atoms with van der Waals surface area (Å²) in [6, 6.07) is 14.3. The van der Waals surface area contributed by atoms with Crippen LogP contribution >= 0.6 is 0 Å². The predicted octanol–water partition coefficient (Wildman–Crippen LogP) is 2.96. The number of rotatable bonds is 3. The van der Waals surface area contributed by atoms with Gasteiger partial charge in [0.15, 0.2) is 5.76 Å². The Balaban J connectivity index is 1.51. The number of piperidine rings is 1. The summed E-state index contributed by atoms with van der Waals surface area (Å²) in [5.41, 5.74) is 1.28. The maximum absolute atomic E-state index is 12.3. The number of amides is 1. The first-order valence-electron chi connectivity index (χ1n) is 8.59. The number of hydrogen-bond donors (Lipinski definition) is 1. The molecule has 1 N–H and O–H groups in total. The molecule has 2 aliphatic rings. The summed E-state index contributed by atoms with van der Waals surface area (Å²) in [5.74, 6) is 0.111. The number of nitrogens with zero attached hydrogens (tertiary/aromatic N) is 1. The van der Waals surface area contributed by atoms with Gasteiger partial charge in [-0.15, -0.1) is 0 Å². The average Bonchev–Trinajstić information content (AvgIpc) is 3.17. The fourth-order valence-electron chi connectivity index (χ4n) is 3.80. The Hall–Kier alpha value is -2.11. The van der Waals surface area contributed by atoms with Gasteiger partial charge in [-0.2, -0.15) is 0 Å². The highest BCUT2D eigenvalue weighted by Crippen LogP contribution is 2.34. The summed E-state index contributed by atoms with van der Waals surface area (Å²) < 4.78 is 11.3. The number of ether oxygens (including phenoxy) is 1. The summed E-state index contributed by atoms with van der Waals surface area (Å²) >= 11 is 0. The normalized spacial score (nSPS) is 27.4. The lowest BCUT2D eigenvalue weighted by Gasteiger charge is -2.48. The van der Waals surface area contributed by atoms with Gasteiger partial charge in [-0.3, -0.25) is 9.69 Å². The number of hydrogen-bond acceptors (Lipinski definition) is 4. The van der Waals surface area contributed by atoms with E-state index in [4.69, 9.17) is 9.15 Å². The fraction of sp³-hybridized carbons (Fsp3) is 0.421. The van der Waals surface area contributed by atoms with Crippen LogP contribution in [0.5, 0.6) is 0 Å². The maximum Gasteiger partial charge on any atom is 0.289 e. The highest BCUT2D eigenvalue weighted by Gasteiger charge is 2.40. The highest BCUT2D eigenvalue weighted by atomic mass is 16.5. The molecule has 126 valence electrons. The van der Waals surface area contributed by atoms with E-state index < -0.39 is 0 Å². The second-order valence-corrected chi connectivity index (χ2v) is 6.43. The van der Waals surface area contributed by atoms with Crippen molar-refractivity contribution in [2.45, 2.75) is 37.6 Å². The second-order valence-electron chi connectivity index (χ2n) is 6.43. The van der Waals surface area contributed by atoms with E-state index in [9.17, 15) is 4.79 Å². The predicted molar refractivity (Wildman–Crippen MR) is 89.4 cm³/mol. The van der Waals surface area contributed by atoms with E-state index >= 15 is 0 Å². The molecule has 2 fully saturated rings. The van der Waals surface area contributed by atoms with Crippen molar-refractivity contribution in [1.82, 2.24) is 10.2 Å². The number of carbonyl (C=O) groups excluding carboxylic acids is 1. The van der Waals surface area contributed by atoms with Gasteiger partial charge in [0.25, 0.3) is 5.91 Å². The summed E-state index contributed by atoms with van der Waals surface area (Å²) in [7, 11) is 0. The molecule has 4 rings (SSSR count). The molecule has 5 heteroatoms. The minimum Gasteiger partial charge on any atom is -0.459 e. The van der Waals surface area contributed by atoms with E-state index in [2.05, 4.69) is 34.5 Å². The van der Waals surface area contributed by atoms with Crippen LogP contribution in [0.3, 0.4) is 0 Å². The molecule has 5 nitrogen and oxygen atoms in total. The third-order valence-corrected chi connectivity index (χ3v) is 4.98. The molecular formula is C19H22N2O3. The van der Waals surface area contributed by atoms with Crippen molar-refractivity contribution in [2.75, 3.05) is 13.2 Å². The van der Waals surface area contributed by atoms with E-state index in [1.165, 1.54) is 24.7 Å². The Morgan fingerprint density at radius 2 is 2.00 bits per heavy atom. The van der Waals surface area contributed by atoms with Gasteiger partial charge in [-0.05, 0) is 37.1 Å². The van der Waals surface area contributed by atoms with Crippen LogP contribution in [0.25, 0.3) is 0 Å². The van der Waals surface area contributed by atoms with Crippen LogP contribution in [0.1, 0.15) is 41.4 Å². The van der Waals surface area contributed by atoms with Gasteiger partial charge in [0, 0.05) is 0 Å². The molecule has 1 aromatic heterocycles. The van der Waals surface area contributed by atoms with Crippen molar-refractivity contribution < 1.29 is 13.9 Å². The Morgan fingerprint density at radius 3 is 2.79 bits per heavy atom. The molecule has 2 saturated heterocycles. The average molecular weight is 326 g/mol. The lowest BCUT2D eigenvalue weighted by atomic mass is 9.93. The summed E-state index contributed by atoms with van der Waals surface area (Å²) in [6.45, 7) is 1.63. The third-order valence-electron chi connectivity index (χ3n) is 4.98. The smallest absolute Gasteiger partial charge is 0.289 e. The largest absolute Gasteiger partial charge is 0.459 e. The molecule has 24 heavy (non-hydrogen) atoms. The Bertz CT molecular complexity index is 671. The summed E-state index contributed by atoms with van der Waals surface area (Å²) in [4.78, 5) is 14.8. The van der Waals surface area contributed by atoms with Gasteiger partial charge in [-0.25, -0.2) is 0 Å². The first kappa shape index (κ1) is 15.4. The second kappa shape index (κ2) is 6.79. The van der Waals surface area contributed by atoms with Crippen LogP contribution in [0.4, 0.5) is 0 Å². The lowest BCUT2D eigenvalue weighted by molar-refractivity contribution is -0.126. The maximum atomic E-state index is 12.3. The van der Waals surface area contributed by atoms with E-state index in [1.54, 1.807) is 12.1 Å². The molecule has 2 aliphatic heterocycles. The molecule has 2 aromatic rings. The van der Waals surface area contributed by atoms with Gasteiger partial charge < -0.3 is 14.5 Å². The zero-order valence-electron chi connectivity index (χ0n) is 13.6. The standard InChI is InChI=1S/C19H22N2O3/c22-18(17-10-6-12-23-17)20-19-15-9-4-5-11-21(15)16(13-24-19)14-7-2-1-3-8-14/h1-3,6-8,10,12,15-16,19H,4-5,9,11,13H2,(H,20,22)/t15-,16-,19+/m0/s1. The zero-order chi connectivity index (χ0) is 16.4. The minimum absolute atomic E-state index is 0.205. The van der Waals surface area contributed by atoms with E-state index in [1.807, 2.05) is 6.07 Å². The molecular weight excluding hydrogens is 304 g/mol. The minimum atomic E-state index is -0.289. The Labute approximate surface area is 141 Å². The van der Waals surface area contributed by atoms with Gasteiger partial charge in [0.2, 0.25) is 0 Å². The third kappa shape index (κ3) is 2.97. The molecule has 0 saturated carbocycles. The highest BCUT2D eigenvalue weighted by molar-refractivity contribution is 5.91. The first-order valence-corrected chi connectivity index (χ1v) is 8.59. The van der Waals surface area contributed by atoms with Crippen molar-refractivity contribution in [3.05, 3.63) is 60.1 Å². The molecule has 0 aliphatic carbocycles. The SMILES string of the molecule is O=C(N[C@@H]1OC[C@@H](c2ccccc2)N2CCCC[C@@H]12)c1ccco1. The van der Waals surface area contributed by atoms with Gasteiger partial charge in [0.05, 0.1) is 25.0 Å².